The van der Waals surface area contributed by atoms with Crippen LogP contribution in [0.2, 0.25) is 5.02 Å². The summed E-state index contributed by atoms with van der Waals surface area (Å²) in [4.78, 5) is 0. The minimum atomic E-state index is -1.41. The molecule has 3 atom stereocenters. The van der Waals surface area contributed by atoms with Crippen LogP contribution in [0, 0.1) is 11.8 Å². The lowest BCUT2D eigenvalue weighted by Gasteiger charge is -2.29. The Bertz CT molecular complexity index is 465. The summed E-state index contributed by atoms with van der Waals surface area (Å²) in [7, 11) is 0. The highest BCUT2D eigenvalue weighted by Gasteiger charge is 2.32. The maximum absolute atomic E-state index is 15.2. The lowest BCUT2D eigenvalue weighted by Crippen LogP contribution is -2.23. The summed E-state index contributed by atoms with van der Waals surface area (Å²) in [6, 6.07) is 5.44. The lowest BCUT2D eigenvalue weighted by atomic mass is 9.80. The molecule has 0 saturated carbocycles. The fraction of sp³-hybridized carbons (Fsp3) is 0.579. The van der Waals surface area contributed by atoms with E-state index in [1.54, 1.807) is 19.1 Å². The van der Waals surface area contributed by atoms with E-state index in [0.29, 0.717) is 28.8 Å². The third-order valence-electron chi connectivity index (χ3n) is 4.48. The lowest BCUT2D eigenvalue weighted by molar-refractivity contribution is 0.129. The average Bonchev–Trinajstić information content (AvgIpc) is 2.44. The molecule has 0 heterocycles. The van der Waals surface area contributed by atoms with E-state index in [4.69, 9.17) is 11.6 Å². The molecule has 0 fully saturated rings. The zero-order valence-corrected chi connectivity index (χ0v) is 14.5. The number of unbranched alkanes of at least 4 members (excludes halogenated alkanes) is 1. The molecular weight excluding hydrogens is 283 g/mol. The van der Waals surface area contributed by atoms with Crippen molar-refractivity contribution in [3.63, 3.8) is 0 Å². The fourth-order valence-electron chi connectivity index (χ4n) is 2.80. The summed E-state index contributed by atoms with van der Waals surface area (Å²) in [5.74, 6) is 0.858. The van der Waals surface area contributed by atoms with Gasteiger partial charge in [-0.3, -0.25) is 0 Å². The summed E-state index contributed by atoms with van der Waals surface area (Å²) in [6.07, 6.45) is 5.79. The van der Waals surface area contributed by atoms with Crippen molar-refractivity contribution in [2.24, 2.45) is 11.8 Å². The van der Waals surface area contributed by atoms with Crippen molar-refractivity contribution in [1.82, 2.24) is 0 Å². The number of halogens is 2. The van der Waals surface area contributed by atoms with Gasteiger partial charge in [-0.25, -0.2) is 4.39 Å². The topological polar surface area (TPSA) is 0 Å². The maximum atomic E-state index is 15.2. The molecule has 0 N–H and O–H groups in total. The van der Waals surface area contributed by atoms with Crippen LogP contribution >= 0.6 is 11.6 Å². The van der Waals surface area contributed by atoms with Crippen LogP contribution in [-0.2, 0) is 5.67 Å². The van der Waals surface area contributed by atoms with Crippen LogP contribution in [-0.4, -0.2) is 0 Å². The van der Waals surface area contributed by atoms with E-state index >= 15 is 4.39 Å². The first-order valence-electron chi connectivity index (χ1n) is 7.93. The first-order chi connectivity index (χ1) is 9.81. The molecule has 3 unspecified atom stereocenters. The van der Waals surface area contributed by atoms with Crippen LogP contribution < -0.4 is 0 Å². The van der Waals surface area contributed by atoms with E-state index in [0.717, 1.165) is 12.0 Å². The Morgan fingerprint density at radius 3 is 2.57 bits per heavy atom. The van der Waals surface area contributed by atoms with Gasteiger partial charge < -0.3 is 0 Å². The van der Waals surface area contributed by atoms with Gasteiger partial charge in [0, 0.05) is 10.6 Å². The van der Waals surface area contributed by atoms with Gasteiger partial charge in [-0.15, -0.1) is 0 Å². The maximum Gasteiger partial charge on any atom is 0.134 e. The van der Waals surface area contributed by atoms with E-state index in [9.17, 15) is 0 Å². The monoisotopic (exact) mass is 310 g/mol. The summed E-state index contributed by atoms with van der Waals surface area (Å²) >= 11 is 6.21. The highest BCUT2D eigenvalue weighted by Crippen LogP contribution is 2.39. The molecule has 118 valence electrons. The smallest absolute Gasteiger partial charge is 0.134 e. The summed E-state index contributed by atoms with van der Waals surface area (Å²) in [6.45, 7) is 11.9. The zero-order chi connectivity index (χ0) is 16.0. The molecule has 0 aliphatic carbocycles. The van der Waals surface area contributed by atoms with Crippen molar-refractivity contribution in [2.45, 2.75) is 59.0 Å². The van der Waals surface area contributed by atoms with Crippen LogP contribution in [0.15, 0.2) is 24.8 Å². The molecule has 0 spiro atoms. The molecule has 0 aromatic heterocycles. The van der Waals surface area contributed by atoms with Crippen molar-refractivity contribution in [2.75, 3.05) is 0 Å². The second-order valence-electron chi connectivity index (χ2n) is 6.44. The highest BCUT2D eigenvalue weighted by atomic mass is 35.5. The molecule has 0 bridgehead atoms. The SMILES string of the molecule is C=Cc1ccc(Cl)c(C(C)(F)CC(C)C(C)CCCC)c1. The van der Waals surface area contributed by atoms with E-state index in [-0.39, 0.29) is 0 Å². The minimum Gasteiger partial charge on any atom is -0.239 e. The van der Waals surface area contributed by atoms with Gasteiger partial charge in [-0.2, -0.15) is 0 Å². The quantitative estimate of drug-likeness (QED) is 0.484. The number of hydrogen-bond acceptors (Lipinski definition) is 0. The fourth-order valence-corrected chi connectivity index (χ4v) is 3.11. The Balaban J connectivity index is 2.87. The molecule has 0 nitrogen and oxygen atoms in total. The molecule has 0 saturated heterocycles. The third kappa shape index (κ3) is 5.14. The van der Waals surface area contributed by atoms with Crippen LogP contribution in [0.3, 0.4) is 0 Å². The molecule has 1 rings (SSSR count). The van der Waals surface area contributed by atoms with Gasteiger partial charge >= 0.3 is 0 Å². The normalized spacial score (nSPS) is 17.0. The Morgan fingerprint density at radius 1 is 1.33 bits per heavy atom. The molecule has 0 radical (unpaired) electrons. The summed E-state index contributed by atoms with van der Waals surface area (Å²) in [5.41, 5.74) is 0.0803. The molecule has 0 aliphatic rings. The second kappa shape index (κ2) is 7.98. The van der Waals surface area contributed by atoms with Gasteiger partial charge in [0.2, 0.25) is 0 Å². The van der Waals surface area contributed by atoms with Crippen molar-refractivity contribution < 1.29 is 4.39 Å². The van der Waals surface area contributed by atoms with Crippen molar-refractivity contribution in [3.05, 3.63) is 40.9 Å². The Morgan fingerprint density at radius 2 is 2.00 bits per heavy atom. The third-order valence-corrected chi connectivity index (χ3v) is 4.81. The van der Waals surface area contributed by atoms with Gasteiger partial charge in [0.1, 0.15) is 5.67 Å². The number of hydrogen-bond donors (Lipinski definition) is 0. The van der Waals surface area contributed by atoms with E-state index in [1.165, 1.54) is 12.8 Å². The largest absolute Gasteiger partial charge is 0.239 e. The van der Waals surface area contributed by atoms with E-state index in [1.807, 2.05) is 12.1 Å². The van der Waals surface area contributed by atoms with Crippen molar-refractivity contribution in [3.8, 4) is 0 Å². The van der Waals surface area contributed by atoms with Crippen LogP contribution in [0.5, 0.6) is 0 Å². The summed E-state index contributed by atoms with van der Waals surface area (Å²) < 4.78 is 15.2. The standard InChI is InChI=1S/C19H28ClF/c1-6-8-9-14(3)15(4)13-19(5,21)17-12-16(7-2)10-11-18(17)20/h7,10-12,14-15H,2,6,8-9,13H2,1,3-5H3. The van der Waals surface area contributed by atoms with E-state index in [2.05, 4.69) is 27.4 Å². The summed E-state index contributed by atoms with van der Waals surface area (Å²) in [5, 5.41) is 0.499. The van der Waals surface area contributed by atoms with Crippen molar-refractivity contribution >= 4 is 17.7 Å². The van der Waals surface area contributed by atoms with Gasteiger partial charge in [0.05, 0.1) is 0 Å². The molecule has 1 aromatic carbocycles. The van der Waals surface area contributed by atoms with Gasteiger partial charge in [0.25, 0.3) is 0 Å². The molecule has 21 heavy (non-hydrogen) atoms. The average molecular weight is 311 g/mol. The Kier molecular flexibility index (Phi) is 6.93. The van der Waals surface area contributed by atoms with Crippen LogP contribution in [0.4, 0.5) is 4.39 Å². The molecule has 0 amide bonds. The molecular formula is C19H28ClF. The van der Waals surface area contributed by atoms with Gasteiger partial charge in [0.15, 0.2) is 0 Å². The minimum absolute atomic E-state index is 0.329. The molecule has 2 heteroatoms. The molecule has 0 aliphatic heterocycles. The van der Waals surface area contributed by atoms with Crippen molar-refractivity contribution in [1.29, 1.82) is 0 Å². The predicted octanol–water partition coefficient (Wildman–Crippen LogP) is 7.02. The van der Waals surface area contributed by atoms with Gasteiger partial charge in [-0.1, -0.05) is 70.4 Å². The van der Waals surface area contributed by atoms with E-state index < -0.39 is 5.67 Å². The number of alkyl halides is 1. The number of rotatable bonds is 8. The first kappa shape index (κ1) is 18.2. The highest BCUT2D eigenvalue weighted by molar-refractivity contribution is 6.31. The molecule has 1 aromatic rings. The second-order valence-corrected chi connectivity index (χ2v) is 6.85. The Labute approximate surface area is 134 Å². The number of benzene rings is 1. The Hall–Kier alpha value is -0.820. The van der Waals surface area contributed by atoms with Crippen LogP contribution in [0.1, 0.15) is 64.5 Å². The van der Waals surface area contributed by atoms with Crippen LogP contribution in [0.25, 0.3) is 6.08 Å². The first-order valence-corrected chi connectivity index (χ1v) is 8.31. The van der Waals surface area contributed by atoms with Gasteiger partial charge in [-0.05, 0) is 42.9 Å². The zero-order valence-electron chi connectivity index (χ0n) is 13.8. The predicted molar refractivity (Wildman–Crippen MR) is 92.5 cm³/mol.